The first-order valence-corrected chi connectivity index (χ1v) is 14.4. The van der Waals surface area contributed by atoms with Crippen LogP contribution in [0.2, 0.25) is 0 Å². The Labute approximate surface area is 230 Å². The van der Waals surface area contributed by atoms with E-state index >= 15 is 0 Å². The Morgan fingerprint density at radius 2 is 1.72 bits per heavy atom. The molecular weight excluding hydrogens is 492 g/mol. The summed E-state index contributed by atoms with van der Waals surface area (Å²) in [7, 11) is 1.74. The molecule has 3 fully saturated rings. The first kappa shape index (κ1) is 26.2. The molecule has 4 heterocycles. The van der Waals surface area contributed by atoms with Crippen LogP contribution >= 0.6 is 0 Å². The van der Waals surface area contributed by atoms with Crippen molar-refractivity contribution in [3.8, 4) is 17.0 Å². The van der Waals surface area contributed by atoms with Crippen molar-refractivity contribution in [2.24, 2.45) is 0 Å². The zero-order chi connectivity index (χ0) is 26.8. The van der Waals surface area contributed by atoms with Gasteiger partial charge in [0.05, 0.1) is 43.6 Å². The quantitative estimate of drug-likeness (QED) is 0.482. The van der Waals surface area contributed by atoms with Gasteiger partial charge >= 0.3 is 0 Å². The number of aromatic nitrogens is 3. The first-order chi connectivity index (χ1) is 19.1. The van der Waals surface area contributed by atoms with E-state index in [0.29, 0.717) is 30.9 Å². The number of anilines is 2. The largest absolute Gasteiger partial charge is 0.496 e. The number of morpholine rings is 2. The van der Waals surface area contributed by atoms with E-state index in [1.165, 1.54) is 25.7 Å². The number of fused-ring (bicyclic) bond motifs is 1. The number of nitrogens with zero attached hydrogens (tertiary/aromatic N) is 5. The van der Waals surface area contributed by atoms with Crippen LogP contribution in [0, 0.1) is 0 Å². The monoisotopic (exact) mass is 532 g/mol. The van der Waals surface area contributed by atoms with Crippen LogP contribution in [0.3, 0.4) is 0 Å². The van der Waals surface area contributed by atoms with E-state index < -0.39 is 0 Å². The molecule has 0 bridgehead atoms. The minimum Gasteiger partial charge on any atom is -0.496 e. The SMILES string of the molecule is COc1ccc(-c2ccc3c(N4CCOCC4)nc(N4C[C@@H](C)O[C@@H](C)C4)nc3n2)cc1CNC1CCCC1. The van der Waals surface area contributed by atoms with Gasteiger partial charge in [0.15, 0.2) is 5.65 Å². The molecule has 0 unspecified atom stereocenters. The Morgan fingerprint density at radius 3 is 2.46 bits per heavy atom. The molecule has 0 spiro atoms. The van der Waals surface area contributed by atoms with E-state index in [9.17, 15) is 0 Å². The van der Waals surface area contributed by atoms with Crippen LogP contribution in [0.1, 0.15) is 45.1 Å². The second-order valence-corrected chi connectivity index (χ2v) is 11.1. The van der Waals surface area contributed by atoms with Crippen molar-refractivity contribution in [1.82, 2.24) is 20.3 Å². The molecule has 2 atom stereocenters. The zero-order valence-electron chi connectivity index (χ0n) is 23.4. The fourth-order valence-corrected chi connectivity index (χ4v) is 6.10. The molecule has 1 N–H and O–H groups in total. The maximum Gasteiger partial charge on any atom is 0.229 e. The molecule has 3 aliphatic rings. The number of nitrogens with one attached hydrogen (secondary N) is 1. The molecule has 208 valence electrons. The number of benzene rings is 1. The summed E-state index contributed by atoms with van der Waals surface area (Å²) in [6, 6.07) is 11.1. The Kier molecular flexibility index (Phi) is 7.81. The van der Waals surface area contributed by atoms with E-state index in [1.54, 1.807) is 7.11 Å². The molecule has 1 saturated carbocycles. The number of hydrogen-bond donors (Lipinski definition) is 1. The molecule has 0 amide bonds. The van der Waals surface area contributed by atoms with Crippen molar-refractivity contribution in [3.05, 3.63) is 35.9 Å². The van der Waals surface area contributed by atoms with Gasteiger partial charge in [0.1, 0.15) is 11.6 Å². The summed E-state index contributed by atoms with van der Waals surface area (Å²) in [5.41, 5.74) is 3.82. The van der Waals surface area contributed by atoms with Crippen LogP contribution in [0.15, 0.2) is 30.3 Å². The van der Waals surface area contributed by atoms with Gasteiger partial charge in [-0.15, -0.1) is 0 Å². The second-order valence-electron chi connectivity index (χ2n) is 11.1. The predicted molar refractivity (Wildman–Crippen MR) is 154 cm³/mol. The van der Waals surface area contributed by atoms with Crippen molar-refractivity contribution >= 4 is 22.8 Å². The number of pyridine rings is 1. The highest BCUT2D eigenvalue weighted by molar-refractivity contribution is 5.90. The number of hydrogen-bond acceptors (Lipinski definition) is 9. The molecular formula is C30H40N6O3. The standard InChI is InChI=1S/C30H40N6O3/c1-20-18-36(19-21(2)39-20)30-33-28-25(29(34-30)35-12-14-38-15-13-35)9-10-26(32-28)22-8-11-27(37-3)23(16-22)17-31-24-6-4-5-7-24/h8-11,16,20-21,24,31H,4-7,12-15,17-19H2,1-3H3/t20-,21+. The van der Waals surface area contributed by atoms with Gasteiger partial charge in [-0.3, -0.25) is 0 Å². The summed E-state index contributed by atoms with van der Waals surface area (Å²) >= 11 is 0. The van der Waals surface area contributed by atoms with Crippen LogP contribution < -0.4 is 19.9 Å². The lowest BCUT2D eigenvalue weighted by Gasteiger charge is -2.36. The van der Waals surface area contributed by atoms with Crippen molar-refractivity contribution in [2.75, 3.05) is 56.3 Å². The maximum absolute atomic E-state index is 5.98. The highest BCUT2D eigenvalue weighted by Gasteiger charge is 2.27. The topological polar surface area (TPSA) is 84.9 Å². The van der Waals surface area contributed by atoms with Gasteiger partial charge in [-0.05, 0) is 57.0 Å². The van der Waals surface area contributed by atoms with E-state index in [1.807, 2.05) is 6.07 Å². The lowest BCUT2D eigenvalue weighted by atomic mass is 10.1. The second kappa shape index (κ2) is 11.6. The van der Waals surface area contributed by atoms with Crippen LogP contribution in [0.4, 0.5) is 11.8 Å². The fourth-order valence-electron chi connectivity index (χ4n) is 6.10. The van der Waals surface area contributed by atoms with E-state index in [2.05, 4.69) is 53.2 Å². The molecule has 1 aromatic carbocycles. The van der Waals surface area contributed by atoms with Gasteiger partial charge in [0, 0.05) is 49.9 Å². The van der Waals surface area contributed by atoms with E-state index in [0.717, 1.165) is 66.5 Å². The normalized spacial score (nSPS) is 22.5. The highest BCUT2D eigenvalue weighted by Crippen LogP contribution is 2.32. The summed E-state index contributed by atoms with van der Waals surface area (Å²) in [6.45, 7) is 9.51. The Hall–Kier alpha value is -3.01. The van der Waals surface area contributed by atoms with Gasteiger partial charge in [0.2, 0.25) is 5.95 Å². The fraction of sp³-hybridized carbons (Fsp3) is 0.567. The van der Waals surface area contributed by atoms with Crippen LogP contribution in [0.25, 0.3) is 22.3 Å². The lowest BCUT2D eigenvalue weighted by Crippen LogP contribution is -2.46. The lowest BCUT2D eigenvalue weighted by molar-refractivity contribution is -0.00570. The summed E-state index contributed by atoms with van der Waals surface area (Å²) in [5.74, 6) is 2.55. The first-order valence-electron chi connectivity index (χ1n) is 14.4. The smallest absolute Gasteiger partial charge is 0.229 e. The predicted octanol–water partition coefficient (Wildman–Crippen LogP) is 4.18. The molecule has 0 radical (unpaired) electrons. The maximum atomic E-state index is 5.98. The molecule has 2 aromatic heterocycles. The van der Waals surface area contributed by atoms with Gasteiger partial charge < -0.3 is 29.3 Å². The van der Waals surface area contributed by atoms with Gasteiger partial charge in [0.25, 0.3) is 0 Å². The Morgan fingerprint density at radius 1 is 0.949 bits per heavy atom. The third kappa shape index (κ3) is 5.81. The molecule has 9 nitrogen and oxygen atoms in total. The number of ether oxygens (including phenoxy) is 3. The molecule has 3 aromatic rings. The minimum atomic E-state index is 0.120. The molecule has 6 rings (SSSR count). The highest BCUT2D eigenvalue weighted by atomic mass is 16.5. The van der Waals surface area contributed by atoms with Gasteiger partial charge in [-0.25, -0.2) is 4.98 Å². The third-order valence-electron chi connectivity index (χ3n) is 8.05. The summed E-state index contributed by atoms with van der Waals surface area (Å²) < 4.78 is 17.3. The number of methoxy groups -OCH3 is 1. The Bertz CT molecular complexity index is 1280. The van der Waals surface area contributed by atoms with E-state index in [-0.39, 0.29) is 12.2 Å². The van der Waals surface area contributed by atoms with E-state index in [4.69, 9.17) is 29.2 Å². The van der Waals surface area contributed by atoms with Gasteiger partial charge in [-0.2, -0.15) is 9.97 Å². The zero-order valence-corrected chi connectivity index (χ0v) is 23.4. The molecule has 2 saturated heterocycles. The van der Waals surface area contributed by atoms with Crippen molar-refractivity contribution < 1.29 is 14.2 Å². The molecule has 2 aliphatic heterocycles. The van der Waals surface area contributed by atoms with Crippen molar-refractivity contribution in [1.29, 1.82) is 0 Å². The van der Waals surface area contributed by atoms with Crippen molar-refractivity contribution in [2.45, 2.75) is 64.3 Å². The van der Waals surface area contributed by atoms with Crippen LogP contribution in [0.5, 0.6) is 5.75 Å². The Balaban J connectivity index is 1.37. The molecule has 1 aliphatic carbocycles. The van der Waals surface area contributed by atoms with Crippen LogP contribution in [-0.2, 0) is 16.0 Å². The molecule has 39 heavy (non-hydrogen) atoms. The molecule has 9 heteroatoms. The average Bonchev–Trinajstić information content (AvgIpc) is 3.49. The summed E-state index contributed by atoms with van der Waals surface area (Å²) in [4.78, 5) is 19.7. The van der Waals surface area contributed by atoms with Crippen LogP contribution in [-0.4, -0.2) is 79.7 Å². The summed E-state index contributed by atoms with van der Waals surface area (Å²) in [5, 5.41) is 4.69. The average molecular weight is 533 g/mol. The summed E-state index contributed by atoms with van der Waals surface area (Å²) in [6.07, 6.45) is 5.37. The third-order valence-corrected chi connectivity index (χ3v) is 8.05. The van der Waals surface area contributed by atoms with Crippen molar-refractivity contribution in [3.63, 3.8) is 0 Å². The number of rotatable bonds is 7. The van der Waals surface area contributed by atoms with Gasteiger partial charge in [-0.1, -0.05) is 12.8 Å². The minimum absolute atomic E-state index is 0.120.